The first-order valence-electron chi connectivity index (χ1n) is 5.03. The fraction of sp³-hybridized carbons (Fsp3) is 0.0909. The van der Waals surface area contributed by atoms with Crippen LogP contribution in [-0.2, 0) is 0 Å². The lowest BCUT2D eigenvalue weighted by Gasteiger charge is -2.09. The van der Waals surface area contributed by atoms with E-state index in [1.165, 1.54) is 12.1 Å². The van der Waals surface area contributed by atoms with E-state index in [0.717, 1.165) is 6.07 Å². The Morgan fingerprint density at radius 2 is 2.22 bits per heavy atom. The quantitative estimate of drug-likeness (QED) is 0.661. The zero-order valence-corrected chi connectivity index (χ0v) is 10.2. The molecule has 0 aliphatic heterocycles. The second kappa shape index (κ2) is 5.16. The molecule has 0 bridgehead atoms. The number of rotatable bonds is 3. The molecule has 0 saturated heterocycles. The van der Waals surface area contributed by atoms with E-state index >= 15 is 0 Å². The van der Waals surface area contributed by atoms with Crippen LogP contribution in [0.15, 0.2) is 24.4 Å². The van der Waals surface area contributed by atoms with Crippen molar-refractivity contribution < 1.29 is 9.13 Å². The Labute approximate surface area is 108 Å². The molecular formula is C11H10ClFN4O. The van der Waals surface area contributed by atoms with Crippen molar-refractivity contribution in [3.8, 4) is 11.6 Å². The van der Waals surface area contributed by atoms with Gasteiger partial charge in [0.15, 0.2) is 0 Å². The number of anilines is 1. The lowest BCUT2D eigenvalue weighted by atomic mass is 10.3. The Hall–Kier alpha value is -1.92. The minimum atomic E-state index is -0.434. The van der Waals surface area contributed by atoms with Crippen LogP contribution in [0.25, 0.3) is 0 Å². The fourth-order valence-electron chi connectivity index (χ4n) is 1.26. The predicted octanol–water partition coefficient (Wildman–Crippen LogP) is 2.66. The van der Waals surface area contributed by atoms with Crippen LogP contribution in [0, 0.1) is 12.7 Å². The van der Waals surface area contributed by atoms with Gasteiger partial charge in [0, 0.05) is 11.8 Å². The maximum atomic E-state index is 12.9. The monoisotopic (exact) mass is 268 g/mol. The van der Waals surface area contributed by atoms with Crippen molar-refractivity contribution in [3.05, 3.63) is 40.8 Å². The zero-order chi connectivity index (χ0) is 13.1. The summed E-state index contributed by atoms with van der Waals surface area (Å²) < 4.78 is 18.4. The van der Waals surface area contributed by atoms with Gasteiger partial charge in [0.1, 0.15) is 11.6 Å². The first-order chi connectivity index (χ1) is 8.60. The molecule has 5 nitrogen and oxygen atoms in total. The Morgan fingerprint density at radius 3 is 2.89 bits per heavy atom. The Bertz CT molecular complexity index is 579. The number of hydrazine groups is 1. The molecule has 0 aliphatic carbocycles. The molecule has 1 heterocycles. The van der Waals surface area contributed by atoms with E-state index < -0.39 is 5.82 Å². The van der Waals surface area contributed by atoms with E-state index in [-0.39, 0.29) is 11.0 Å². The largest absolute Gasteiger partial charge is 0.437 e. The summed E-state index contributed by atoms with van der Waals surface area (Å²) in [6, 6.07) is 3.84. The SMILES string of the molecule is Cc1cnc(NN)nc1Oc1ccc(F)cc1Cl. The second-order valence-electron chi connectivity index (χ2n) is 3.50. The third kappa shape index (κ3) is 2.66. The van der Waals surface area contributed by atoms with E-state index in [1.807, 2.05) is 0 Å². The van der Waals surface area contributed by atoms with Crippen molar-refractivity contribution in [3.63, 3.8) is 0 Å². The normalized spacial score (nSPS) is 10.2. The predicted molar refractivity (Wildman–Crippen MR) is 66.1 cm³/mol. The van der Waals surface area contributed by atoms with Gasteiger partial charge in [0.25, 0.3) is 0 Å². The number of hydrogen-bond donors (Lipinski definition) is 2. The second-order valence-corrected chi connectivity index (χ2v) is 3.91. The number of nitrogens with one attached hydrogen (secondary N) is 1. The number of aryl methyl sites for hydroxylation is 1. The van der Waals surface area contributed by atoms with Gasteiger partial charge >= 0.3 is 0 Å². The summed E-state index contributed by atoms with van der Waals surface area (Å²) in [5.74, 6) is 5.59. The molecule has 2 aromatic rings. The van der Waals surface area contributed by atoms with Crippen molar-refractivity contribution >= 4 is 17.5 Å². The van der Waals surface area contributed by atoms with Crippen LogP contribution in [0.5, 0.6) is 11.6 Å². The van der Waals surface area contributed by atoms with Crippen LogP contribution in [0.2, 0.25) is 5.02 Å². The van der Waals surface area contributed by atoms with E-state index in [0.29, 0.717) is 17.2 Å². The molecule has 0 radical (unpaired) electrons. The lowest BCUT2D eigenvalue weighted by molar-refractivity contribution is 0.457. The number of benzene rings is 1. The molecule has 7 heteroatoms. The minimum absolute atomic E-state index is 0.162. The minimum Gasteiger partial charge on any atom is -0.437 e. The Balaban J connectivity index is 2.33. The highest BCUT2D eigenvalue weighted by atomic mass is 35.5. The summed E-state index contributed by atoms with van der Waals surface area (Å²) >= 11 is 5.86. The molecule has 0 fully saturated rings. The van der Waals surface area contributed by atoms with Crippen LogP contribution in [0.1, 0.15) is 5.56 Å². The van der Waals surface area contributed by atoms with Gasteiger partial charge in [-0.25, -0.2) is 15.2 Å². The van der Waals surface area contributed by atoms with Gasteiger partial charge in [-0.15, -0.1) is 0 Å². The summed E-state index contributed by atoms with van der Waals surface area (Å²) in [7, 11) is 0. The first-order valence-corrected chi connectivity index (χ1v) is 5.41. The fourth-order valence-corrected chi connectivity index (χ4v) is 1.47. The first kappa shape index (κ1) is 12.5. The topological polar surface area (TPSA) is 73.1 Å². The number of nitrogens with zero attached hydrogens (tertiary/aromatic N) is 2. The molecule has 0 atom stereocenters. The van der Waals surface area contributed by atoms with Crippen LogP contribution >= 0.6 is 11.6 Å². The van der Waals surface area contributed by atoms with Crippen LogP contribution in [0.3, 0.4) is 0 Å². The van der Waals surface area contributed by atoms with E-state index in [4.69, 9.17) is 22.2 Å². The Morgan fingerprint density at radius 1 is 1.44 bits per heavy atom. The maximum Gasteiger partial charge on any atom is 0.240 e. The van der Waals surface area contributed by atoms with Crippen molar-refractivity contribution in [2.75, 3.05) is 5.43 Å². The van der Waals surface area contributed by atoms with E-state index in [2.05, 4.69) is 15.4 Å². The average Bonchev–Trinajstić information content (AvgIpc) is 2.35. The third-order valence-corrected chi connectivity index (χ3v) is 2.45. The lowest BCUT2D eigenvalue weighted by Crippen LogP contribution is -2.11. The number of ether oxygens (including phenoxy) is 1. The number of hydrogen-bond acceptors (Lipinski definition) is 5. The molecule has 1 aromatic heterocycles. The molecule has 0 amide bonds. The van der Waals surface area contributed by atoms with Crippen LogP contribution < -0.4 is 16.0 Å². The number of nitrogens with two attached hydrogens (primary N) is 1. The molecule has 3 N–H and O–H groups in total. The summed E-state index contributed by atoms with van der Waals surface area (Å²) in [4.78, 5) is 7.94. The van der Waals surface area contributed by atoms with Gasteiger partial charge in [0.2, 0.25) is 11.8 Å². The zero-order valence-electron chi connectivity index (χ0n) is 9.45. The maximum absolute atomic E-state index is 12.9. The summed E-state index contributed by atoms with van der Waals surface area (Å²) in [6.07, 6.45) is 1.55. The molecule has 0 saturated carbocycles. The molecular weight excluding hydrogens is 259 g/mol. The highest BCUT2D eigenvalue weighted by molar-refractivity contribution is 6.32. The molecule has 18 heavy (non-hydrogen) atoms. The summed E-state index contributed by atoms with van der Waals surface area (Å²) in [6.45, 7) is 1.77. The standard InChI is InChI=1S/C11H10ClFN4O/c1-6-5-15-11(17-14)16-10(6)18-9-3-2-7(13)4-8(9)12/h2-5H,14H2,1H3,(H,15,16,17). The van der Waals surface area contributed by atoms with Gasteiger partial charge in [-0.2, -0.15) is 4.98 Å². The van der Waals surface area contributed by atoms with Gasteiger partial charge in [-0.3, -0.25) is 5.43 Å². The van der Waals surface area contributed by atoms with Gasteiger partial charge < -0.3 is 4.74 Å². The molecule has 0 spiro atoms. The summed E-state index contributed by atoms with van der Waals surface area (Å²) in [5, 5.41) is 0.162. The van der Waals surface area contributed by atoms with Crippen LogP contribution in [0.4, 0.5) is 10.3 Å². The van der Waals surface area contributed by atoms with E-state index in [1.54, 1.807) is 13.1 Å². The van der Waals surface area contributed by atoms with Crippen molar-refractivity contribution in [2.45, 2.75) is 6.92 Å². The van der Waals surface area contributed by atoms with Gasteiger partial charge in [-0.1, -0.05) is 11.6 Å². The third-order valence-electron chi connectivity index (χ3n) is 2.15. The average molecular weight is 269 g/mol. The van der Waals surface area contributed by atoms with Gasteiger partial charge in [0.05, 0.1) is 5.02 Å². The Kier molecular flexibility index (Phi) is 3.59. The van der Waals surface area contributed by atoms with Gasteiger partial charge in [-0.05, 0) is 25.1 Å². The number of halogens is 2. The molecule has 0 unspecified atom stereocenters. The number of aromatic nitrogens is 2. The summed E-state index contributed by atoms with van der Waals surface area (Å²) in [5.41, 5.74) is 3.01. The van der Waals surface area contributed by atoms with Crippen molar-refractivity contribution in [2.24, 2.45) is 5.84 Å². The number of nitrogen functional groups attached to an aromatic ring is 1. The molecule has 94 valence electrons. The molecule has 0 aliphatic rings. The van der Waals surface area contributed by atoms with Crippen LogP contribution in [-0.4, -0.2) is 9.97 Å². The smallest absolute Gasteiger partial charge is 0.240 e. The highest BCUT2D eigenvalue weighted by Gasteiger charge is 2.09. The van der Waals surface area contributed by atoms with Crippen molar-refractivity contribution in [1.82, 2.24) is 9.97 Å². The highest BCUT2D eigenvalue weighted by Crippen LogP contribution is 2.30. The molecule has 1 aromatic carbocycles. The molecule has 2 rings (SSSR count). The van der Waals surface area contributed by atoms with E-state index in [9.17, 15) is 4.39 Å². The van der Waals surface area contributed by atoms with Crippen molar-refractivity contribution in [1.29, 1.82) is 0 Å².